The molecule has 0 spiro atoms. The number of hydrogen-bond acceptors (Lipinski definition) is 4. The van der Waals surface area contributed by atoms with Crippen molar-refractivity contribution in [3.05, 3.63) is 29.8 Å². The first-order valence-electron chi connectivity index (χ1n) is 4.67. The summed E-state index contributed by atoms with van der Waals surface area (Å²) in [7, 11) is 1.66. The average Bonchev–Trinajstić information content (AvgIpc) is 2.65. The Hall–Kier alpha value is -0.810. The minimum Gasteiger partial charge on any atom is -0.497 e. The Balaban J connectivity index is 1.93. The molecular weight excluding hydrogens is 216 g/mol. The van der Waals surface area contributed by atoms with E-state index < -0.39 is 5.69 Å². The van der Waals surface area contributed by atoms with Crippen LogP contribution < -0.4 is 10.2 Å². The Bertz CT molecular complexity index is 318. The Morgan fingerprint density at radius 1 is 1.53 bits per heavy atom. The van der Waals surface area contributed by atoms with Gasteiger partial charge in [0, 0.05) is 6.54 Å². The molecule has 1 saturated heterocycles. The molecule has 1 atom stereocenters. The Labute approximate surface area is 93.7 Å². The zero-order chi connectivity index (χ0) is 10.7. The molecule has 1 heterocycles. The number of nitrogens with zero attached hydrogens (tertiary/aromatic N) is 1. The van der Waals surface area contributed by atoms with Crippen LogP contribution in [0.3, 0.4) is 0 Å². The number of halogens is 1. The molecule has 4 nitrogen and oxygen atoms in total. The molecule has 1 aliphatic rings. The molecule has 0 amide bonds. The van der Waals surface area contributed by atoms with Gasteiger partial charge in [-0.2, -0.15) is 0 Å². The van der Waals surface area contributed by atoms with Gasteiger partial charge in [-0.15, -0.1) is 0 Å². The zero-order valence-corrected chi connectivity index (χ0v) is 9.20. The molecule has 5 heteroatoms. The van der Waals surface area contributed by atoms with E-state index in [9.17, 15) is 0 Å². The molecule has 82 valence electrons. The highest BCUT2D eigenvalue weighted by atomic mass is 35.5. The quantitative estimate of drug-likeness (QED) is 0.628. The smallest absolute Gasteiger partial charge is 0.199 e. The fraction of sp³-hybridized carbons (Fsp3) is 0.400. The summed E-state index contributed by atoms with van der Waals surface area (Å²) in [6.07, 6.45) is 0. The SMILES string of the molecule is COc1ccc(CN2COC(Cl)N2)cc1. The van der Waals surface area contributed by atoms with Crippen LogP contribution in [0.15, 0.2) is 24.3 Å². The fourth-order valence-electron chi connectivity index (χ4n) is 1.42. The normalized spacial score (nSPS) is 21.9. The van der Waals surface area contributed by atoms with E-state index in [1.165, 1.54) is 5.56 Å². The van der Waals surface area contributed by atoms with Crippen LogP contribution in [0, 0.1) is 0 Å². The number of hydrazine groups is 1. The van der Waals surface area contributed by atoms with E-state index in [1.807, 2.05) is 29.3 Å². The summed E-state index contributed by atoms with van der Waals surface area (Å²) in [5, 5.41) is 1.92. The lowest BCUT2D eigenvalue weighted by atomic mass is 10.2. The predicted octanol–water partition coefficient (Wildman–Crippen LogP) is 1.51. The number of methoxy groups -OCH3 is 1. The van der Waals surface area contributed by atoms with Gasteiger partial charge < -0.3 is 9.47 Å². The lowest BCUT2D eigenvalue weighted by Gasteiger charge is -2.13. The minimum atomic E-state index is -0.414. The number of hydrogen-bond donors (Lipinski definition) is 1. The molecule has 1 aromatic rings. The molecule has 1 aromatic carbocycles. The van der Waals surface area contributed by atoms with Gasteiger partial charge in [-0.25, -0.2) is 10.4 Å². The summed E-state index contributed by atoms with van der Waals surface area (Å²) < 4.78 is 10.2. The van der Waals surface area contributed by atoms with Gasteiger partial charge in [-0.1, -0.05) is 23.7 Å². The van der Waals surface area contributed by atoms with E-state index in [0.717, 1.165) is 12.3 Å². The number of ether oxygens (including phenoxy) is 2. The molecule has 2 rings (SSSR count). The maximum atomic E-state index is 5.73. The van der Waals surface area contributed by atoms with Crippen molar-refractivity contribution in [2.24, 2.45) is 0 Å². The maximum Gasteiger partial charge on any atom is 0.199 e. The van der Waals surface area contributed by atoms with Gasteiger partial charge in [-0.05, 0) is 17.7 Å². The monoisotopic (exact) mass is 228 g/mol. The summed E-state index contributed by atoms with van der Waals surface area (Å²) in [6, 6.07) is 7.90. The molecule has 1 fully saturated rings. The zero-order valence-electron chi connectivity index (χ0n) is 8.44. The first kappa shape index (κ1) is 10.7. The number of alkyl halides is 1. The number of nitrogens with one attached hydrogen (secondary N) is 1. The van der Waals surface area contributed by atoms with E-state index >= 15 is 0 Å². The molecule has 0 radical (unpaired) electrons. The Morgan fingerprint density at radius 2 is 2.27 bits per heavy atom. The molecule has 1 aliphatic heterocycles. The van der Waals surface area contributed by atoms with Crippen molar-refractivity contribution in [2.45, 2.75) is 12.2 Å². The Morgan fingerprint density at radius 3 is 2.80 bits per heavy atom. The highest BCUT2D eigenvalue weighted by molar-refractivity contribution is 6.19. The van der Waals surface area contributed by atoms with Gasteiger partial charge in [0.1, 0.15) is 12.5 Å². The molecule has 15 heavy (non-hydrogen) atoms. The van der Waals surface area contributed by atoms with E-state index in [2.05, 4.69) is 5.43 Å². The summed E-state index contributed by atoms with van der Waals surface area (Å²) >= 11 is 5.73. The second kappa shape index (κ2) is 4.81. The molecule has 0 aliphatic carbocycles. The standard InChI is InChI=1S/C10H13ClN2O2/c1-14-9-4-2-8(3-5-9)6-13-7-15-10(11)12-13/h2-5,10,12H,6-7H2,1H3. The van der Waals surface area contributed by atoms with Crippen molar-refractivity contribution in [3.8, 4) is 5.75 Å². The van der Waals surface area contributed by atoms with Crippen LogP contribution in [0.25, 0.3) is 0 Å². The van der Waals surface area contributed by atoms with Crippen molar-refractivity contribution < 1.29 is 9.47 Å². The van der Waals surface area contributed by atoms with Crippen LogP contribution in [-0.4, -0.2) is 24.5 Å². The van der Waals surface area contributed by atoms with E-state index in [-0.39, 0.29) is 0 Å². The van der Waals surface area contributed by atoms with Crippen molar-refractivity contribution in [1.29, 1.82) is 0 Å². The first-order valence-corrected chi connectivity index (χ1v) is 5.11. The fourth-order valence-corrected chi connectivity index (χ4v) is 1.61. The molecule has 0 bridgehead atoms. The predicted molar refractivity (Wildman–Crippen MR) is 57.3 cm³/mol. The van der Waals surface area contributed by atoms with Gasteiger partial charge in [-0.3, -0.25) is 0 Å². The topological polar surface area (TPSA) is 33.7 Å². The second-order valence-corrected chi connectivity index (χ2v) is 3.68. The van der Waals surface area contributed by atoms with Crippen LogP contribution >= 0.6 is 11.6 Å². The van der Waals surface area contributed by atoms with E-state index in [4.69, 9.17) is 21.1 Å². The molecule has 0 aromatic heterocycles. The van der Waals surface area contributed by atoms with Crippen LogP contribution in [0.4, 0.5) is 0 Å². The Kier molecular flexibility index (Phi) is 3.43. The van der Waals surface area contributed by atoms with Gasteiger partial charge >= 0.3 is 0 Å². The molecular formula is C10H13ClN2O2. The number of benzene rings is 1. The summed E-state index contributed by atoms with van der Waals surface area (Å²) in [6.45, 7) is 1.26. The van der Waals surface area contributed by atoms with Crippen molar-refractivity contribution in [1.82, 2.24) is 10.4 Å². The first-order chi connectivity index (χ1) is 7.28. The lowest BCUT2D eigenvalue weighted by Crippen LogP contribution is -2.32. The second-order valence-electron chi connectivity index (χ2n) is 3.29. The van der Waals surface area contributed by atoms with Gasteiger partial charge in [0.05, 0.1) is 7.11 Å². The summed E-state index contributed by atoms with van der Waals surface area (Å²) in [5.41, 5.74) is 3.74. The highest BCUT2D eigenvalue weighted by Crippen LogP contribution is 2.14. The average molecular weight is 229 g/mol. The van der Waals surface area contributed by atoms with Crippen molar-refractivity contribution in [3.63, 3.8) is 0 Å². The van der Waals surface area contributed by atoms with E-state index in [0.29, 0.717) is 6.73 Å². The summed E-state index contributed by atoms with van der Waals surface area (Å²) in [5.74, 6) is 0.861. The number of rotatable bonds is 3. The molecule has 1 N–H and O–H groups in total. The van der Waals surface area contributed by atoms with Gasteiger partial charge in [0.2, 0.25) is 0 Å². The third kappa shape index (κ3) is 2.82. The highest BCUT2D eigenvalue weighted by Gasteiger charge is 2.19. The van der Waals surface area contributed by atoms with Crippen LogP contribution in [0.1, 0.15) is 5.56 Å². The van der Waals surface area contributed by atoms with Crippen molar-refractivity contribution in [2.75, 3.05) is 13.8 Å². The van der Waals surface area contributed by atoms with Crippen LogP contribution in [0.5, 0.6) is 5.75 Å². The van der Waals surface area contributed by atoms with E-state index in [1.54, 1.807) is 7.11 Å². The largest absolute Gasteiger partial charge is 0.497 e. The van der Waals surface area contributed by atoms with Crippen LogP contribution in [-0.2, 0) is 11.3 Å². The minimum absolute atomic E-state index is 0.414. The van der Waals surface area contributed by atoms with Gasteiger partial charge in [0.15, 0.2) is 5.69 Å². The lowest BCUT2D eigenvalue weighted by molar-refractivity contribution is 0.121. The van der Waals surface area contributed by atoms with Gasteiger partial charge in [0.25, 0.3) is 0 Å². The third-order valence-electron chi connectivity index (χ3n) is 2.19. The third-order valence-corrected chi connectivity index (χ3v) is 2.42. The van der Waals surface area contributed by atoms with Crippen LogP contribution in [0.2, 0.25) is 0 Å². The van der Waals surface area contributed by atoms with Crippen molar-refractivity contribution >= 4 is 11.6 Å². The molecule has 1 unspecified atom stereocenters. The summed E-state index contributed by atoms with van der Waals surface area (Å²) in [4.78, 5) is 0. The maximum absolute atomic E-state index is 5.73. The molecule has 0 saturated carbocycles.